The molecule has 0 saturated carbocycles. The lowest BCUT2D eigenvalue weighted by Gasteiger charge is -2.26. The smallest absolute Gasteiger partial charge is 0.329 e. The number of aromatic nitrogens is 3. The second-order valence-electron chi connectivity index (χ2n) is 8.88. The van der Waals surface area contributed by atoms with E-state index in [0.717, 1.165) is 24.9 Å². The highest BCUT2D eigenvalue weighted by molar-refractivity contribution is 6.11. The summed E-state index contributed by atoms with van der Waals surface area (Å²) in [6.45, 7) is 7.17. The Bertz CT molecular complexity index is 1370. The number of carbonyl (C=O) groups is 2. The van der Waals surface area contributed by atoms with Crippen molar-refractivity contribution in [1.82, 2.24) is 19.4 Å². The Morgan fingerprint density at radius 2 is 1.97 bits per heavy atom. The van der Waals surface area contributed by atoms with Crippen LogP contribution in [-0.2, 0) is 17.9 Å². The van der Waals surface area contributed by atoms with Gasteiger partial charge in [-0.05, 0) is 49.4 Å². The molecule has 3 heterocycles. The SMILES string of the molecule is CCn1c(=O)[nH]c(=O)c2c(C(=O)Nc3cccc(CN4CCCCC4=O)c3)cc(C(C)C)nc21. The molecular weight excluding hydrogens is 434 g/mol. The average Bonchev–Trinajstić information content (AvgIpc) is 2.80. The van der Waals surface area contributed by atoms with Gasteiger partial charge in [-0.2, -0.15) is 0 Å². The minimum atomic E-state index is -0.644. The van der Waals surface area contributed by atoms with Crippen LogP contribution < -0.4 is 16.6 Å². The number of nitrogens with zero attached hydrogens (tertiary/aromatic N) is 3. The maximum absolute atomic E-state index is 13.3. The lowest BCUT2D eigenvalue weighted by atomic mass is 10.0. The topological polar surface area (TPSA) is 117 Å². The van der Waals surface area contributed by atoms with Gasteiger partial charge in [-0.15, -0.1) is 0 Å². The first kappa shape index (κ1) is 23.4. The van der Waals surface area contributed by atoms with E-state index in [1.807, 2.05) is 36.9 Å². The second kappa shape index (κ2) is 9.62. The summed E-state index contributed by atoms with van der Waals surface area (Å²) in [5.74, 6) is -0.334. The highest BCUT2D eigenvalue weighted by Crippen LogP contribution is 2.22. The lowest BCUT2D eigenvalue weighted by molar-refractivity contribution is -0.133. The molecule has 9 heteroatoms. The molecule has 3 aromatic rings. The first-order valence-corrected chi connectivity index (χ1v) is 11.6. The third-order valence-electron chi connectivity index (χ3n) is 6.10. The maximum atomic E-state index is 13.3. The van der Waals surface area contributed by atoms with Crippen molar-refractivity contribution in [2.75, 3.05) is 11.9 Å². The van der Waals surface area contributed by atoms with Crippen LogP contribution in [0, 0.1) is 0 Å². The van der Waals surface area contributed by atoms with E-state index >= 15 is 0 Å². The Balaban J connectivity index is 1.70. The van der Waals surface area contributed by atoms with Gasteiger partial charge in [0.1, 0.15) is 0 Å². The number of benzene rings is 1. The molecule has 0 radical (unpaired) electrons. The van der Waals surface area contributed by atoms with E-state index in [2.05, 4.69) is 15.3 Å². The summed E-state index contributed by atoms with van der Waals surface area (Å²) >= 11 is 0. The lowest BCUT2D eigenvalue weighted by Crippen LogP contribution is -2.34. The number of H-pyrrole nitrogens is 1. The van der Waals surface area contributed by atoms with Crippen molar-refractivity contribution in [3.8, 4) is 0 Å². The van der Waals surface area contributed by atoms with Crippen molar-refractivity contribution in [2.45, 2.75) is 59.0 Å². The van der Waals surface area contributed by atoms with Crippen LogP contribution in [0.2, 0.25) is 0 Å². The number of pyridine rings is 1. The fourth-order valence-electron chi connectivity index (χ4n) is 4.26. The van der Waals surface area contributed by atoms with Crippen LogP contribution in [0.3, 0.4) is 0 Å². The van der Waals surface area contributed by atoms with Crippen LogP contribution in [0.25, 0.3) is 11.0 Å². The van der Waals surface area contributed by atoms with E-state index in [0.29, 0.717) is 30.9 Å². The highest BCUT2D eigenvalue weighted by Gasteiger charge is 2.21. The van der Waals surface area contributed by atoms with Gasteiger partial charge in [0.15, 0.2) is 5.65 Å². The Labute approximate surface area is 196 Å². The molecule has 1 saturated heterocycles. The Morgan fingerprint density at radius 3 is 2.68 bits per heavy atom. The number of aromatic amines is 1. The first-order valence-electron chi connectivity index (χ1n) is 11.6. The molecule has 34 heavy (non-hydrogen) atoms. The summed E-state index contributed by atoms with van der Waals surface area (Å²) in [6.07, 6.45) is 2.49. The van der Waals surface area contributed by atoms with Crippen molar-refractivity contribution in [1.29, 1.82) is 0 Å². The minimum absolute atomic E-state index is 0.0129. The third-order valence-corrected chi connectivity index (χ3v) is 6.10. The Morgan fingerprint density at radius 1 is 1.18 bits per heavy atom. The molecule has 9 nitrogen and oxygen atoms in total. The molecule has 4 rings (SSSR count). The zero-order valence-corrected chi connectivity index (χ0v) is 19.7. The molecule has 1 aliphatic rings. The normalized spacial score (nSPS) is 14.1. The number of fused-ring (bicyclic) bond motifs is 1. The number of likely N-dealkylation sites (tertiary alicyclic amines) is 1. The van der Waals surface area contributed by atoms with Gasteiger partial charge in [0.25, 0.3) is 11.5 Å². The predicted octanol–water partition coefficient (Wildman–Crippen LogP) is 2.99. The van der Waals surface area contributed by atoms with Crippen LogP contribution in [0.15, 0.2) is 39.9 Å². The monoisotopic (exact) mass is 463 g/mol. The number of aryl methyl sites for hydroxylation is 1. The van der Waals surface area contributed by atoms with E-state index < -0.39 is 17.2 Å². The van der Waals surface area contributed by atoms with E-state index in [1.54, 1.807) is 19.1 Å². The molecule has 0 bridgehead atoms. The van der Waals surface area contributed by atoms with Gasteiger partial charge in [0.2, 0.25) is 5.91 Å². The Hall–Kier alpha value is -3.75. The van der Waals surface area contributed by atoms with E-state index in [4.69, 9.17) is 0 Å². The molecule has 1 aromatic carbocycles. The van der Waals surface area contributed by atoms with Crippen LogP contribution in [0.1, 0.15) is 67.6 Å². The van der Waals surface area contributed by atoms with Crippen LogP contribution in [0.4, 0.5) is 5.69 Å². The summed E-state index contributed by atoms with van der Waals surface area (Å²) in [5, 5.41) is 2.96. The van der Waals surface area contributed by atoms with E-state index in [9.17, 15) is 19.2 Å². The van der Waals surface area contributed by atoms with Gasteiger partial charge < -0.3 is 10.2 Å². The van der Waals surface area contributed by atoms with Gasteiger partial charge in [-0.25, -0.2) is 9.78 Å². The van der Waals surface area contributed by atoms with Gasteiger partial charge in [0, 0.05) is 37.4 Å². The van der Waals surface area contributed by atoms with E-state index in [-0.39, 0.29) is 28.4 Å². The van der Waals surface area contributed by atoms with Crippen molar-refractivity contribution >= 4 is 28.5 Å². The summed E-state index contributed by atoms with van der Waals surface area (Å²) in [6, 6.07) is 8.95. The molecule has 0 spiro atoms. The van der Waals surface area contributed by atoms with E-state index in [1.165, 1.54) is 4.57 Å². The fraction of sp³-hybridized carbons (Fsp3) is 0.400. The molecule has 178 valence electrons. The number of nitrogens with one attached hydrogen (secondary N) is 2. The number of anilines is 1. The predicted molar refractivity (Wildman–Crippen MR) is 130 cm³/mol. The van der Waals surface area contributed by atoms with Crippen molar-refractivity contribution in [3.63, 3.8) is 0 Å². The molecule has 1 aliphatic heterocycles. The zero-order valence-electron chi connectivity index (χ0n) is 19.7. The molecule has 1 fully saturated rings. The number of amides is 2. The quantitative estimate of drug-likeness (QED) is 0.583. The van der Waals surface area contributed by atoms with Crippen LogP contribution in [-0.4, -0.2) is 37.8 Å². The third kappa shape index (κ3) is 4.64. The average molecular weight is 464 g/mol. The first-order chi connectivity index (χ1) is 16.3. The number of hydrogen-bond donors (Lipinski definition) is 2. The summed E-state index contributed by atoms with van der Waals surface area (Å²) in [5.41, 5.74) is 1.24. The molecule has 0 unspecified atom stereocenters. The maximum Gasteiger partial charge on any atom is 0.329 e. The molecule has 2 N–H and O–H groups in total. The Kier molecular flexibility index (Phi) is 6.63. The van der Waals surface area contributed by atoms with Gasteiger partial charge >= 0.3 is 5.69 Å². The number of rotatable bonds is 6. The summed E-state index contributed by atoms with van der Waals surface area (Å²) in [7, 11) is 0. The largest absolute Gasteiger partial charge is 0.338 e. The summed E-state index contributed by atoms with van der Waals surface area (Å²) in [4.78, 5) is 59.2. The van der Waals surface area contributed by atoms with Gasteiger partial charge in [-0.3, -0.25) is 23.9 Å². The highest BCUT2D eigenvalue weighted by atomic mass is 16.2. The molecular formula is C25H29N5O4. The second-order valence-corrected chi connectivity index (χ2v) is 8.88. The van der Waals surface area contributed by atoms with Gasteiger partial charge in [-0.1, -0.05) is 26.0 Å². The van der Waals surface area contributed by atoms with Crippen LogP contribution in [0.5, 0.6) is 0 Å². The molecule has 2 aromatic heterocycles. The molecule has 0 aliphatic carbocycles. The van der Waals surface area contributed by atoms with Crippen molar-refractivity contribution in [2.24, 2.45) is 0 Å². The van der Waals surface area contributed by atoms with Gasteiger partial charge in [0.05, 0.1) is 10.9 Å². The number of carbonyl (C=O) groups excluding carboxylic acids is 2. The minimum Gasteiger partial charge on any atom is -0.338 e. The van der Waals surface area contributed by atoms with Crippen molar-refractivity contribution < 1.29 is 9.59 Å². The van der Waals surface area contributed by atoms with Crippen LogP contribution >= 0.6 is 0 Å². The zero-order chi connectivity index (χ0) is 24.4. The summed E-state index contributed by atoms with van der Waals surface area (Å²) < 4.78 is 1.36. The van der Waals surface area contributed by atoms with Crippen molar-refractivity contribution in [3.05, 3.63) is 68.0 Å². The fourth-order valence-corrected chi connectivity index (χ4v) is 4.26. The molecule has 2 amide bonds. The standard InChI is InChI=1S/C25H29N5O4/c1-4-30-22-21(24(33)28-25(30)34)18(13-19(27-22)15(2)3)23(32)26-17-9-7-8-16(12-17)14-29-11-6-5-10-20(29)31/h7-9,12-13,15H,4-6,10-11,14H2,1-3H3,(H,26,32)(H,28,33,34). The molecule has 0 atom stereocenters. The number of hydrogen-bond acceptors (Lipinski definition) is 5. The number of piperidine rings is 1.